The van der Waals surface area contributed by atoms with Gasteiger partial charge in [0.1, 0.15) is 29.3 Å². The van der Waals surface area contributed by atoms with Crippen molar-refractivity contribution in [2.45, 2.75) is 49.3 Å². The number of carbonyl (C=O) groups excluding carboxylic acids is 2. The number of ether oxygens (including phenoxy) is 2. The summed E-state index contributed by atoms with van der Waals surface area (Å²) in [6, 6.07) is 7.01. The molecule has 2 amide bonds. The van der Waals surface area contributed by atoms with Crippen molar-refractivity contribution in [2.75, 3.05) is 20.3 Å². The van der Waals surface area contributed by atoms with Crippen LogP contribution in [0.3, 0.4) is 0 Å². The Morgan fingerprint density at radius 3 is 2.49 bits per heavy atom. The lowest BCUT2D eigenvalue weighted by Crippen LogP contribution is -2.52. The number of hydrogen-bond donors (Lipinski definition) is 3. The molecule has 1 aliphatic carbocycles. The van der Waals surface area contributed by atoms with E-state index in [-0.39, 0.29) is 46.9 Å². The summed E-state index contributed by atoms with van der Waals surface area (Å²) in [6.45, 7) is 0.0177. The van der Waals surface area contributed by atoms with Gasteiger partial charge in [-0.1, -0.05) is 6.92 Å². The molecule has 10 nitrogen and oxygen atoms in total. The van der Waals surface area contributed by atoms with Crippen molar-refractivity contribution in [1.82, 2.24) is 19.7 Å². The number of pyridine rings is 2. The molecule has 0 bridgehead atoms. The number of nitrogens with zero attached hydrogens (tertiary/aromatic N) is 3. The Labute approximate surface area is 254 Å². The molecule has 2 aliphatic rings. The normalized spacial score (nSPS) is 19.1. The largest absolute Gasteiger partial charge is 0.493 e. The van der Waals surface area contributed by atoms with E-state index in [9.17, 15) is 32.3 Å². The number of halogens is 4. The minimum Gasteiger partial charge on any atom is -0.493 e. The third-order valence-corrected chi connectivity index (χ3v) is 8.56. The number of nitrogens with two attached hydrogens (primary N) is 1. The van der Waals surface area contributed by atoms with Gasteiger partial charge in [-0.05, 0) is 55.7 Å². The highest BCUT2D eigenvalue weighted by Crippen LogP contribution is 2.49. The van der Waals surface area contributed by atoms with Gasteiger partial charge in [0.05, 0.1) is 30.6 Å². The number of imidazole rings is 1. The van der Waals surface area contributed by atoms with Crippen LogP contribution in [0.1, 0.15) is 59.4 Å². The van der Waals surface area contributed by atoms with E-state index in [1.165, 1.54) is 31.5 Å². The summed E-state index contributed by atoms with van der Waals surface area (Å²) in [5.41, 5.74) is 0.804. The molecule has 1 unspecified atom stereocenters. The molecule has 0 spiro atoms. The lowest BCUT2D eigenvalue weighted by molar-refractivity contribution is -0.265. The highest BCUT2D eigenvalue weighted by atomic mass is 19.4. The lowest BCUT2D eigenvalue weighted by atomic mass is 9.78. The van der Waals surface area contributed by atoms with Crippen LogP contribution in [-0.2, 0) is 15.8 Å². The molecule has 6 rings (SSSR count). The Balaban J connectivity index is 1.41. The third kappa shape index (κ3) is 5.02. The molecule has 0 radical (unpaired) electrons. The molecular formula is C31H29F4N5O5. The third-order valence-electron chi connectivity index (χ3n) is 8.56. The summed E-state index contributed by atoms with van der Waals surface area (Å²) in [7, 11) is 1.38. The molecule has 14 heteroatoms. The molecule has 0 saturated heterocycles. The standard InChI is InChI=1S/C31H29F4N5O5/c1-3-29(28(36)42)15-45-25-20(29)11-23(39-24(25)17-6-8-19(32)9-7-17)30(43,31(33,34)35)14-37-27(41)18-10-22(44-2)26-38-21(16-4-5-16)13-40(26)12-18/h6-13,16,43H,3-5,14-15H2,1-2H3,(H2,36,42)(H,37,41)/t29-,30?/m0/s1. The Hall–Kier alpha value is -4.72. The summed E-state index contributed by atoms with van der Waals surface area (Å²) >= 11 is 0. The van der Waals surface area contributed by atoms with Crippen LogP contribution < -0.4 is 20.5 Å². The van der Waals surface area contributed by atoms with Gasteiger partial charge < -0.3 is 30.0 Å². The Kier molecular flexibility index (Phi) is 7.22. The van der Waals surface area contributed by atoms with E-state index in [0.717, 1.165) is 36.7 Å². The first-order chi connectivity index (χ1) is 21.3. The second-order valence-corrected chi connectivity index (χ2v) is 11.3. The SMILES string of the molecule is CC[C@]1(C(N)=O)COc2c1cc(C(O)(CNC(=O)c1cc(OC)c3nc(C4CC4)cn3c1)C(F)(F)F)nc2-c1ccc(F)cc1. The van der Waals surface area contributed by atoms with Crippen LogP contribution in [0.4, 0.5) is 17.6 Å². The van der Waals surface area contributed by atoms with Gasteiger partial charge in [-0.3, -0.25) is 9.59 Å². The van der Waals surface area contributed by atoms with Crippen LogP contribution in [0.2, 0.25) is 0 Å². The molecule has 45 heavy (non-hydrogen) atoms. The molecule has 1 aliphatic heterocycles. The van der Waals surface area contributed by atoms with Gasteiger partial charge in [0.25, 0.3) is 5.91 Å². The number of alkyl halides is 3. The van der Waals surface area contributed by atoms with Gasteiger partial charge in [-0.2, -0.15) is 13.2 Å². The maximum Gasteiger partial charge on any atom is 0.424 e. The van der Waals surface area contributed by atoms with E-state index in [0.29, 0.717) is 11.6 Å². The number of aliphatic hydroxyl groups is 1. The molecule has 236 valence electrons. The monoisotopic (exact) mass is 627 g/mol. The molecule has 4 aromatic rings. The van der Waals surface area contributed by atoms with Gasteiger partial charge in [0.15, 0.2) is 11.4 Å². The maximum absolute atomic E-state index is 14.8. The average Bonchev–Trinajstić information content (AvgIpc) is 3.65. The smallest absolute Gasteiger partial charge is 0.424 e. The van der Waals surface area contributed by atoms with E-state index in [1.54, 1.807) is 17.5 Å². The predicted molar refractivity (Wildman–Crippen MR) is 152 cm³/mol. The van der Waals surface area contributed by atoms with E-state index >= 15 is 0 Å². The highest BCUT2D eigenvalue weighted by molar-refractivity contribution is 5.95. The van der Waals surface area contributed by atoms with Crippen LogP contribution in [0.25, 0.3) is 16.9 Å². The number of rotatable bonds is 9. The van der Waals surface area contributed by atoms with Crippen molar-refractivity contribution < 1.29 is 41.7 Å². The summed E-state index contributed by atoms with van der Waals surface area (Å²) in [6.07, 6.45) is -0.152. The van der Waals surface area contributed by atoms with Gasteiger partial charge in [0, 0.05) is 29.4 Å². The van der Waals surface area contributed by atoms with E-state index < -0.39 is 47.1 Å². The first kappa shape index (κ1) is 30.3. The number of methoxy groups -OCH3 is 1. The summed E-state index contributed by atoms with van der Waals surface area (Å²) in [5.74, 6) is -1.83. The van der Waals surface area contributed by atoms with Crippen LogP contribution >= 0.6 is 0 Å². The molecule has 1 fully saturated rings. The van der Waals surface area contributed by atoms with E-state index in [2.05, 4.69) is 15.3 Å². The first-order valence-corrected chi connectivity index (χ1v) is 14.2. The van der Waals surface area contributed by atoms with Crippen LogP contribution in [-0.4, -0.2) is 57.7 Å². The molecule has 2 atom stereocenters. The number of benzene rings is 1. The van der Waals surface area contributed by atoms with Gasteiger partial charge >= 0.3 is 6.18 Å². The number of fused-ring (bicyclic) bond motifs is 2. The minimum absolute atomic E-state index is 0.00223. The van der Waals surface area contributed by atoms with Gasteiger partial charge in [-0.15, -0.1) is 0 Å². The number of amides is 2. The second-order valence-electron chi connectivity index (χ2n) is 11.3. The molecule has 1 aromatic carbocycles. The number of primary amides is 1. The molecule has 4 N–H and O–H groups in total. The summed E-state index contributed by atoms with van der Waals surface area (Å²) in [5, 5.41) is 13.5. The topological polar surface area (TPSA) is 141 Å². The zero-order valence-corrected chi connectivity index (χ0v) is 24.2. The van der Waals surface area contributed by atoms with E-state index in [1.807, 2.05) is 0 Å². The highest BCUT2D eigenvalue weighted by Gasteiger charge is 2.58. The van der Waals surface area contributed by atoms with Crippen LogP contribution in [0.5, 0.6) is 11.5 Å². The van der Waals surface area contributed by atoms with Crippen molar-refractivity contribution in [1.29, 1.82) is 0 Å². The number of carbonyl (C=O) groups is 2. The van der Waals surface area contributed by atoms with Crippen molar-refractivity contribution in [3.8, 4) is 22.8 Å². The zero-order valence-electron chi connectivity index (χ0n) is 24.2. The molecular weight excluding hydrogens is 598 g/mol. The Morgan fingerprint density at radius 2 is 1.89 bits per heavy atom. The Morgan fingerprint density at radius 1 is 1.18 bits per heavy atom. The van der Waals surface area contributed by atoms with Gasteiger partial charge in [0.2, 0.25) is 11.5 Å². The molecule has 1 saturated carbocycles. The molecule has 3 aromatic heterocycles. The van der Waals surface area contributed by atoms with Gasteiger partial charge in [-0.25, -0.2) is 14.4 Å². The second kappa shape index (κ2) is 10.7. The zero-order chi connectivity index (χ0) is 32.3. The van der Waals surface area contributed by atoms with Crippen molar-refractivity contribution in [3.05, 3.63) is 77.1 Å². The predicted octanol–water partition coefficient (Wildman–Crippen LogP) is 4.13. The van der Waals surface area contributed by atoms with Crippen molar-refractivity contribution in [3.63, 3.8) is 0 Å². The molecule has 4 heterocycles. The van der Waals surface area contributed by atoms with Crippen molar-refractivity contribution >= 4 is 17.5 Å². The van der Waals surface area contributed by atoms with Crippen LogP contribution in [0, 0.1) is 5.82 Å². The van der Waals surface area contributed by atoms with E-state index in [4.69, 9.17) is 15.2 Å². The average molecular weight is 628 g/mol. The fraction of sp³-hybridized carbons (Fsp3) is 0.355. The maximum atomic E-state index is 14.8. The van der Waals surface area contributed by atoms with Crippen molar-refractivity contribution in [2.24, 2.45) is 5.73 Å². The fourth-order valence-electron chi connectivity index (χ4n) is 5.58. The Bertz CT molecular complexity index is 1820. The van der Waals surface area contributed by atoms with Crippen LogP contribution in [0.15, 0.2) is 48.8 Å². The summed E-state index contributed by atoms with van der Waals surface area (Å²) < 4.78 is 70.8. The number of aromatic nitrogens is 3. The fourth-order valence-corrected chi connectivity index (χ4v) is 5.58. The summed E-state index contributed by atoms with van der Waals surface area (Å²) in [4.78, 5) is 34.6. The minimum atomic E-state index is -5.35. The quantitative estimate of drug-likeness (QED) is 0.237. The number of hydrogen-bond acceptors (Lipinski definition) is 7. The first-order valence-electron chi connectivity index (χ1n) is 14.2. The lowest BCUT2D eigenvalue weighted by Gasteiger charge is -2.32. The number of nitrogens with one attached hydrogen (secondary N) is 1.